The van der Waals surface area contributed by atoms with Gasteiger partial charge < -0.3 is 14.8 Å². The first-order chi connectivity index (χ1) is 9.79. The molecule has 0 heterocycles. The van der Waals surface area contributed by atoms with E-state index in [1.54, 1.807) is 14.2 Å². The van der Waals surface area contributed by atoms with Crippen molar-refractivity contribution in [2.45, 2.75) is 32.1 Å². The monoisotopic (exact) mass is 277 g/mol. The summed E-state index contributed by atoms with van der Waals surface area (Å²) >= 11 is 0. The van der Waals surface area contributed by atoms with E-state index in [-0.39, 0.29) is 0 Å². The first-order valence-corrected chi connectivity index (χ1v) is 7.61. The van der Waals surface area contributed by atoms with Gasteiger partial charge in [0.2, 0.25) is 0 Å². The third-order valence-corrected chi connectivity index (χ3v) is 4.41. The summed E-state index contributed by atoms with van der Waals surface area (Å²) in [5.41, 5.74) is 1.73. The first-order valence-electron chi connectivity index (χ1n) is 7.61. The smallest absolute Gasteiger partial charge is 0.122 e. The molecule has 0 bridgehead atoms. The lowest BCUT2D eigenvalue weighted by Gasteiger charge is -2.30. The van der Waals surface area contributed by atoms with E-state index in [0.29, 0.717) is 5.41 Å². The average molecular weight is 277 g/mol. The summed E-state index contributed by atoms with van der Waals surface area (Å²) in [6.45, 7) is 2.79. The summed E-state index contributed by atoms with van der Waals surface area (Å²) in [7, 11) is 3.51. The standard InChI is InChI=1S/C17H27NO2/c1-19-12-11-18-14-17(9-5-6-10-17)13-15-7-3-4-8-16(15)20-2/h3-4,7-8,18H,5-6,9-14H2,1-2H3. The molecule has 1 aliphatic rings. The molecule has 1 saturated carbocycles. The Bertz CT molecular complexity index is 400. The molecule has 1 fully saturated rings. The number of benzene rings is 1. The lowest BCUT2D eigenvalue weighted by molar-refractivity contribution is 0.189. The molecule has 1 aromatic rings. The van der Waals surface area contributed by atoms with E-state index in [2.05, 4.69) is 23.5 Å². The fraction of sp³-hybridized carbons (Fsp3) is 0.647. The number of hydrogen-bond acceptors (Lipinski definition) is 3. The minimum Gasteiger partial charge on any atom is -0.496 e. The van der Waals surface area contributed by atoms with Crippen molar-refractivity contribution in [1.29, 1.82) is 0 Å². The first kappa shape index (κ1) is 15.3. The normalized spacial score (nSPS) is 17.3. The zero-order chi connectivity index (χ0) is 14.3. The SMILES string of the molecule is COCCNCC1(Cc2ccccc2OC)CCCC1. The second kappa shape index (κ2) is 7.65. The number of para-hydroxylation sites is 1. The molecule has 1 aromatic carbocycles. The summed E-state index contributed by atoms with van der Waals surface area (Å²) in [5.74, 6) is 1.02. The van der Waals surface area contributed by atoms with Gasteiger partial charge in [0, 0.05) is 20.2 Å². The van der Waals surface area contributed by atoms with E-state index in [1.165, 1.54) is 31.2 Å². The number of nitrogens with one attached hydrogen (secondary N) is 1. The van der Waals surface area contributed by atoms with Gasteiger partial charge >= 0.3 is 0 Å². The van der Waals surface area contributed by atoms with Crippen molar-refractivity contribution in [3.63, 3.8) is 0 Å². The summed E-state index contributed by atoms with van der Waals surface area (Å²) in [4.78, 5) is 0. The third kappa shape index (κ3) is 3.97. The fourth-order valence-corrected chi connectivity index (χ4v) is 3.32. The maximum absolute atomic E-state index is 5.50. The Morgan fingerprint density at radius 3 is 2.60 bits per heavy atom. The van der Waals surface area contributed by atoms with Gasteiger partial charge in [-0.2, -0.15) is 0 Å². The summed E-state index contributed by atoms with van der Waals surface area (Å²) in [6.07, 6.45) is 6.43. The van der Waals surface area contributed by atoms with Gasteiger partial charge in [-0.25, -0.2) is 0 Å². The number of ether oxygens (including phenoxy) is 2. The van der Waals surface area contributed by atoms with E-state index in [9.17, 15) is 0 Å². The Hall–Kier alpha value is -1.06. The Morgan fingerprint density at radius 1 is 1.15 bits per heavy atom. The average Bonchev–Trinajstić information content (AvgIpc) is 2.93. The van der Waals surface area contributed by atoms with Crippen LogP contribution in [0.3, 0.4) is 0 Å². The minimum atomic E-state index is 0.391. The van der Waals surface area contributed by atoms with Crippen LogP contribution in [0.25, 0.3) is 0 Å². The van der Waals surface area contributed by atoms with Crippen molar-refractivity contribution in [2.24, 2.45) is 5.41 Å². The van der Waals surface area contributed by atoms with Crippen molar-refractivity contribution in [2.75, 3.05) is 33.9 Å². The largest absolute Gasteiger partial charge is 0.496 e. The molecule has 0 unspecified atom stereocenters. The van der Waals surface area contributed by atoms with Gasteiger partial charge in [0.1, 0.15) is 5.75 Å². The van der Waals surface area contributed by atoms with E-state index in [0.717, 1.165) is 31.9 Å². The van der Waals surface area contributed by atoms with Gasteiger partial charge in [-0.3, -0.25) is 0 Å². The maximum Gasteiger partial charge on any atom is 0.122 e. The topological polar surface area (TPSA) is 30.5 Å². The molecular formula is C17H27NO2. The third-order valence-electron chi connectivity index (χ3n) is 4.41. The Morgan fingerprint density at radius 2 is 1.90 bits per heavy atom. The number of hydrogen-bond donors (Lipinski definition) is 1. The van der Waals surface area contributed by atoms with Gasteiger partial charge in [0.15, 0.2) is 0 Å². The highest BCUT2D eigenvalue weighted by atomic mass is 16.5. The van der Waals surface area contributed by atoms with E-state index < -0.39 is 0 Å². The summed E-state index contributed by atoms with van der Waals surface area (Å²) in [6, 6.07) is 8.42. The van der Waals surface area contributed by atoms with Crippen LogP contribution in [0.4, 0.5) is 0 Å². The van der Waals surface area contributed by atoms with Crippen molar-refractivity contribution in [1.82, 2.24) is 5.32 Å². The summed E-state index contributed by atoms with van der Waals surface area (Å²) in [5, 5.41) is 3.56. The molecule has 0 spiro atoms. The highest BCUT2D eigenvalue weighted by Gasteiger charge is 2.34. The van der Waals surface area contributed by atoms with Gasteiger partial charge in [0.05, 0.1) is 13.7 Å². The van der Waals surface area contributed by atoms with Crippen molar-refractivity contribution in [3.8, 4) is 5.75 Å². The highest BCUT2D eigenvalue weighted by Crippen LogP contribution is 2.41. The molecule has 2 rings (SSSR count). The van der Waals surface area contributed by atoms with Crippen LogP contribution in [-0.2, 0) is 11.2 Å². The van der Waals surface area contributed by atoms with Gasteiger partial charge in [-0.05, 0) is 36.3 Å². The second-order valence-corrected chi connectivity index (χ2v) is 5.87. The number of methoxy groups -OCH3 is 2. The van der Waals surface area contributed by atoms with Gasteiger partial charge in [0.25, 0.3) is 0 Å². The Kier molecular flexibility index (Phi) is 5.86. The zero-order valence-corrected chi connectivity index (χ0v) is 12.8. The number of rotatable bonds is 8. The molecule has 0 amide bonds. The molecule has 0 radical (unpaired) electrons. The fourth-order valence-electron chi connectivity index (χ4n) is 3.32. The van der Waals surface area contributed by atoms with Crippen LogP contribution in [0.15, 0.2) is 24.3 Å². The molecular weight excluding hydrogens is 250 g/mol. The van der Waals surface area contributed by atoms with Crippen LogP contribution in [0, 0.1) is 5.41 Å². The summed E-state index contributed by atoms with van der Waals surface area (Å²) < 4.78 is 10.6. The van der Waals surface area contributed by atoms with Crippen LogP contribution in [-0.4, -0.2) is 33.9 Å². The molecule has 3 nitrogen and oxygen atoms in total. The van der Waals surface area contributed by atoms with Gasteiger partial charge in [-0.1, -0.05) is 31.0 Å². The van der Waals surface area contributed by atoms with Crippen LogP contribution in [0.5, 0.6) is 5.75 Å². The van der Waals surface area contributed by atoms with E-state index in [4.69, 9.17) is 9.47 Å². The van der Waals surface area contributed by atoms with Gasteiger partial charge in [-0.15, -0.1) is 0 Å². The lowest BCUT2D eigenvalue weighted by atomic mass is 9.79. The predicted molar refractivity (Wildman–Crippen MR) is 82.3 cm³/mol. The van der Waals surface area contributed by atoms with E-state index in [1.807, 2.05) is 6.07 Å². The van der Waals surface area contributed by atoms with Crippen LogP contribution < -0.4 is 10.1 Å². The minimum absolute atomic E-state index is 0.391. The lowest BCUT2D eigenvalue weighted by Crippen LogP contribution is -2.35. The maximum atomic E-state index is 5.50. The van der Waals surface area contributed by atoms with E-state index >= 15 is 0 Å². The quantitative estimate of drug-likeness (QED) is 0.741. The Balaban J connectivity index is 2.01. The Labute approximate surface area is 122 Å². The molecule has 112 valence electrons. The van der Waals surface area contributed by atoms with Crippen LogP contribution in [0.1, 0.15) is 31.2 Å². The van der Waals surface area contributed by atoms with Crippen molar-refractivity contribution >= 4 is 0 Å². The molecule has 1 aliphatic carbocycles. The second-order valence-electron chi connectivity index (χ2n) is 5.87. The highest BCUT2D eigenvalue weighted by molar-refractivity contribution is 5.34. The van der Waals surface area contributed by atoms with Crippen LogP contribution >= 0.6 is 0 Å². The molecule has 0 aromatic heterocycles. The zero-order valence-electron chi connectivity index (χ0n) is 12.8. The molecule has 0 saturated heterocycles. The molecule has 20 heavy (non-hydrogen) atoms. The predicted octanol–water partition coefficient (Wildman–Crippen LogP) is 3.03. The van der Waals surface area contributed by atoms with Crippen LogP contribution in [0.2, 0.25) is 0 Å². The van der Waals surface area contributed by atoms with Crippen molar-refractivity contribution < 1.29 is 9.47 Å². The molecule has 1 N–H and O–H groups in total. The molecule has 0 aliphatic heterocycles. The molecule has 3 heteroatoms. The molecule has 0 atom stereocenters. The van der Waals surface area contributed by atoms with Crippen molar-refractivity contribution in [3.05, 3.63) is 29.8 Å².